The minimum atomic E-state index is -0.00400. The Morgan fingerprint density at radius 2 is 1.86 bits per heavy atom. The molecule has 1 N–H and O–H groups in total. The maximum atomic E-state index is 12.4. The zero-order chi connectivity index (χ0) is 15.0. The fraction of sp³-hybridized carbons (Fsp3) is 0.471. The van der Waals surface area contributed by atoms with Gasteiger partial charge in [0.1, 0.15) is 0 Å². The highest BCUT2D eigenvalue weighted by Crippen LogP contribution is 2.25. The lowest BCUT2D eigenvalue weighted by Gasteiger charge is -2.17. The van der Waals surface area contributed by atoms with Crippen LogP contribution in [0.25, 0.3) is 11.0 Å². The van der Waals surface area contributed by atoms with E-state index in [0.717, 1.165) is 28.8 Å². The molecule has 0 saturated heterocycles. The third-order valence-corrected chi connectivity index (χ3v) is 4.52. The molecule has 4 heteroatoms. The summed E-state index contributed by atoms with van der Waals surface area (Å²) < 4.78 is 0. The lowest BCUT2D eigenvalue weighted by molar-refractivity contribution is 0.0930. The molecule has 1 aromatic heterocycles. The number of nitrogens with zero attached hydrogens (tertiary/aromatic N) is 2. The van der Waals surface area contributed by atoms with Crippen LogP contribution < -0.4 is 5.32 Å². The Balaban J connectivity index is 1.86. The average Bonchev–Trinajstić information content (AvgIpc) is 2.85. The van der Waals surface area contributed by atoms with E-state index in [1.54, 1.807) is 0 Å². The van der Waals surface area contributed by atoms with E-state index >= 15 is 0 Å². The fourth-order valence-corrected chi connectivity index (χ4v) is 2.98. The maximum Gasteiger partial charge on any atom is 0.251 e. The van der Waals surface area contributed by atoms with Gasteiger partial charge in [-0.2, -0.15) is 0 Å². The number of carbonyl (C=O) groups is 1. The van der Waals surface area contributed by atoms with Crippen LogP contribution >= 0.6 is 0 Å². The SMILES string of the molecule is Cc1nc2ccc(C(=O)N[C@@H]3CCC[C@@H]3C)cc2nc1C. The lowest BCUT2D eigenvalue weighted by Crippen LogP contribution is -2.36. The van der Waals surface area contributed by atoms with Crippen molar-refractivity contribution in [2.24, 2.45) is 5.92 Å². The highest BCUT2D eigenvalue weighted by atomic mass is 16.1. The van der Waals surface area contributed by atoms with Crippen LogP contribution in [0.15, 0.2) is 18.2 Å². The van der Waals surface area contributed by atoms with Crippen molar-refractivity contribution in [2.45, 2.75) is 46.1 Å². The summed E-state index contributed by atoms with van der Waals surface area (Å²) in [5, 5.41) is 3.15. The normalized spacial score (nSPS) is 21.7. The molecule has 1 aliphatic carbocycles. The first-order valence-corrected chi connectivity index (χ1v) is 7.60. The smallest absolute Gasteiger partial charge is 0.251 e. The molecule has 0 radical (unpaired) electrons. The van der Waals surface area contributed by atoms with Crippen molar-refractivity contribution >= 4 is 16.9 Å². The maximum absolute atomic E-state index is 12.4. The van der Waals surface area contributed by atoms with Crippen molar-refractivity contribution in [2.75, 3.05) is 0 Å². The van der Waals surface area contributed by atoms with Crippen molar-refractivity contribution < 1.29 is 4.79 Å². The predicted octanol–water partition coefficient (Wildman–Crippen LogP) is 3.17. The first kappa shape index (κ1) is 14.0. The number of aryl methyl sites for hydroxylation is 2. The van der Waals surface area contributed by atoms with E-state index in [1.807, 2.05) is 32.0 Å². The number of hydrogen-bond donors (Lipinski definition) is 1. The number of hydrogen-bond acceptors (Lipinski definition) is 3. The highest BCUT2D eigenvalue weighted by molar-refractivity contribution is 5.97. The lowest BCUT2D eigenvalue weighted by atomic mass is 10.1. The van der Waals surface area contributed by atoms with Crippen molar-refractivity contribution in [3.63, 3.8) is 0 Å². The summed E-state index contributed by atoms with van der Waals surface area (Å²) in [4.78, 5) is 21.4. The minimum absolute atomic E-state index is 0.00400. The van der Waals surface area contributed by atoms with Crippen LogP contribution in [0.1, 0.15) is 47.9 Å². The third kappa shape index (κ3) is 2.75. The van der Waals surface area contributed by atoms with Gasteiger partial charge in [-0.3, -0.25) is 4.79 Å². The summed E-state index contributed by atoms with van der Waals surface area (Å²) in [6.07, 6.45) is 3.49. The van der Waals surface area contributed by atoms with E-state index < -0.39 is 0 Å². The van der Waals surface area contributed by atoms with E-state index in [1.165, 1.54) is 12.8 Å². The fourth-order valence-electron chi connectivity index (χ4n) is 2.98. The Bertz CT molecular complexity index is 696. The Hall–Kier alpha value is -1.97. The molecule has 1 aromatic carbocycles. The van der Waals surface area contributed by atoms with E-state index in [-0.39, 0.29) is 5.91 Å². The number of amides is 1. The summed E-state index contributed by atoms with van der Waals surface area (Å²) in [7, 11) is 0. The molecule has 1 amide bonds. The minimum Gasteiger partial charge on any atom is -0.349 e. The van der Waals surface area contributed by atoms with Crippen LogP contribution in [0.4, 0.5) is 0 Å². The highest BCUT2D eigenvalue weighted by Gasteiger charge is 2.25. The summed E-state index contributed by atoms with van der Waals surface area (Å²) in [5.41, 5.74) is 4.12. The van der Waals surface area contributed by atoms with E-state index in [2.05, 4.69) is 22.2 Å². The summed E-state index contributed by atoms with van der Waals surface area (Å²) in [6.45, 7) is 6.09. The molecule has 0 spiro atoms. The predicted molar refractivity (Wildman–Crippen MR) is 83.3 cm³/mol. The van der Waals surface area contributed by atoms with Gasteiger partial charge >= 0.3 is 0 Å². The average molecular weight is 283 g/mol. The van der Waals surface area contributed by atoms with E-state index in [0.29, 0.717) is 17.5 Å². The monoisotopic (exact) mass is 283 g/mol. The van der Waals surface area contributed by atoms with Crippen LogP contribution in [0, 0.1) is 19.8 Å². The van der Waals surface area contributed by atoms with Gasteiger partial charge in [0.2, 0.25) is 0 Å². The summed E-state index contributed by atoms with van der Waals surface area (Å²) in [5.74, 6) is 0.565. The number of nitrogens with one attached hydrogen (secondary N) is 1. The third-order valence-electron chi connectivity index (χ3n) is 4.52. The Morgan fingerprint density at radius 3 is 2.52 bits per heavy atom. The summed E-state index contributed by atoms with van der Waals surface area (Å²) in [6, 6.07) is 5.85. The molecular weight excluding hydrogens is 262 g/mol. The van der Waals surface area contributed by atoms with Crippen LogP contribution in [0.3, 0.4) is 0 Å². The Labute approximate surface area is 125 Å². The molecule has 0 aliphatic heterocycles. The number of rotatable bonds is 2. The Morgan fingerprint density at radius 1 is 1.14 bits per heavy atom. The molecule has 2 atom stereocenters. The first-order valence-electron chi connectivity index (χ1n) is 7.60. The number of aromatic nitrogens is 2. The van der Waals surface area contributed by atoms with Gasteiger partial charge in [0.25, 0.3) is 5.91 Å². The van der Waals surface area contributed by atoms with Crippen molar-refractivity contribution in [3.8, 4) is 0 Å². The van der Waals surface area contributed by atoms with Crippen LogP contribution in [0.5, 0.6) is 0 Å². The molecule has 0 bridgehead atoms. The van der Waals surface area contributed by atoms with Gasteiger partial charge < -0.3 is 5.32 Å². The van der Waals surface area contributed by atoms with Gasteiger partial charge in [-0.05, 0) is 50.8 Å². The van der Waals surface area contributed by atoms with Crippen LogP contribution in [-0.2, 0) is 0 Å². The van der Waals surface area contributed by atoms with Crippen LogP contribution in [0.2, 0.25) is 0 Å². The molecule has 1 fully saturated rings. The zero-order valence-electron chi connectivity index (χ0n) is 12.8. The topological polar surface area (TPSA) is 54.9 Å². The second-order valence-corrected chi connectivity index (χ2v) is 6.09. The molecular formula is C17H21N3O. The molecule has 0 unspecified atom stereocenters. The molecule has 1 heterocycles. The van der Waals surface area contributed by atoms with Gasteiger partial charge in [0, 0.05) is 11.6 Å². The molecule has 1 aliphatic rings. The van der Waals surface area contributed by atoms with Crippen molar-refractivity contribution in [1.82, 2.24) is 15.3 Å². The van der Waals surface area contributed by atoms with Gasteiger partial charge in [0.15, 0.2) is 0 Å². The standard InChI is InChI=1S/C17H21N3O/c1-10-5-4-6-14(10)20-17(21)13-7-8-15-16(9-13)19-12(3)11(2)18-15/h7-10,14H,4-6H2,1-3H3,(H,20,21)/t10-,14+/m0/s1. The molecule has 2 aromatic rings. The first-order chi connectivity index (χ1) is 10.0. The van der Waals surface area contributed by atoms with E-state index in [9.17, 15) is 4.79 Å². The second kappa shape index (κ2) is 5.43. The van der Waals surface area contributed by atoms with Crippen molar-refractivity contribution in [3.05, 3.63) is 35.2 Å². The van der Waals surface area contributed by atoms with Gasteiger partial charge in [-0.1, -0.05) is 13.3 Å². The van der Waals surface area contributed by atoms with Gasteiger partial charge in [0.05, 0.1) is 22.4 Å². The Kier molecular flexibility index (Phi) is 3.62. The molecule has 110 valence electrons. The van der Waals surface area contributed by atoms with E-state index in [4.69, 9.17) is 0 Å². The number of fused-ring (bicyclic) bond motifs is 1. The van der Waals surface area contributed by atoms with Crippen molar-refractivity contribution in [1.29, 1.82) is 0 Å². The molecule has 3 rings (SSSR count). The zero-order valence-corrected chi connectivity index (χ0v) is 12.8. The quantitative estimate of drug-likeness (QED) is 0.921. The summed E-state index contributed by atoms with van der Waals surface area (Å²) >= 11 is 0. The van der Waals surface area contributed by atoms with Gasteiger partial charge in [-0.25, -0.2) is 9.97 Å². The molecule has 4 nitrogen and oxygen atoms in total. The number of carbonyl (C=O) groups excluding carboxylic acids is 1. The number of benzene rings is 1. The van der Waals surface area contributed by atoms with Crippen LogP contribution in [-0.4, -0.2) is 21.9 Å². The largest absolute Gasteiger partial charge is 0.349 e. The molecule has 21 heavy (non-hydrogen) atoms. The molecule has 1 saturated carbocycles. The van der Waals surface area contributed by atoms with Gasteiger partial charge in [-0.15, -0.1) is 0 Å². The second-order valence-electron chi connectivity index (χ2n) is 6.09.